The molecule has 1 aromatic heterocycles. The average molecular weight is 348 g/mol. The number of aryl methyl sites for hydroxylation is 1. The quantitative estimate of drug-likeness (QED) is 0.888. The smallest absolute Gasteiger partial charge is 0.237 e. The van der Waals surface area contributed by atoms with Crippen LogP contribution in [0, 0.1) is 24.7 Å². The van der Waals surface area contributed by atoms with Gasteiger partial charge in [0.15, 0.2) is 0 Å². The van der Waals surface area contributed by atoms with Crippen LogP contribution in [-0.4, -0.2) is 34.4 Å². The molecule has 4 fully saturated rings. The van der Waals surface area contributed by atoms with Gasteiger partial charge < -0.3 is 5.32 Å². The average Bonchev–Trinajstić information content (AvgIpc) is 2.89. The summed E-state index contributed by atoms with van der Waals surface area (Å²) >= 11 is 1.67. The number of nitrogens with zero attached hydrogens (tertiary/aromatic N) is 2. The molecule has 4 saturated carbocycles. The lowest BCUT2D eigenvalue weighted by atomic mass is 9.53. The van der Waals surface area contributed by atoms with Gasteiger partial charge in [-0.3, -0.25) is 9.69 Å². The predicted molar refractivity (Wildman–Crippen MR) is 96.8 cm³/mol. The van der Waals surface area contributed by atoms with Gasteiger partial charge in [-0.05, 0) is 77.2 Å². The van der Waals surface area contributed by atoms with Crippen LogP contribution in [0.15, 0.2) is 5.38 Å². The van der Waals surface area contributed by atoms with Crippen LogP contribution < -0.4 is 5.32 Å². The number of rotatable bonds is 5. The van der Waals surface area contributed by atoms with E-state index in [1.807, 2.05) is 20.9 Å². The van der Waals surface area contributed by atoms with Crippen molar-refractivity contribution in [1.29, 1.82) is 0 Å². The highest BCUT2D eigenvalue weighted by molar-refractivity contribution is 7.09. The summed E-state index contributed by atoms with van der Waals surface area (Å²) in [5.74, 6) is 2.79. The van der Waals surface area contributed by atoms with Gasteiger partial charge in [-0.25, -0.2) is 4.98 Å². The summed E-state index contributed by atoms with van der Waals surface area (Å²) in [6.45, 7) is 4.78. The molecule has 1 aromatic rings. The number of aromatic nitrogens is 1. The highest BCUT2D eigenvalue weighted by Gasteiger charge is 2.51. The first-order valence-corrected chi connectivity index (χ1v) is 10.2. The molecule has 24 heavy (non-hydrogen) atoms. The lowest BCUT2D eigenvalue weighted by Gasteiger charge is -2.57. The monoisotopic (exact) mass is 347 g/mol. The fourth-order valence-electron chi connectivity index (χ4n) is 5.70. The zero-order chi connectivity index (χ0) is 16.9. The predicted octanol–water partition coefficient (Wildman–Crippen LogP) is 3.36. The highest BCUT2D eigenvalue weighted by atomic mass is 32.1. The van der Waals surface area contributed by atoms with Crippen LogP contribution in [0.3, 0.4) is 0 Å². The molecule has 4 aliphatic carbocycles. The maximum absolute atomic E-state index is 12.9. The van der Waals surface area contributed by atoms with Crippen LogP contribution in [0.25, 0.3) is 0 Å². The van der Waals surface area contributed by atoms with Crippen molar-refractivity contribution in [2.24, 2.45) is 17.8 Å². The standard InChI is InChI=1S/C19H29N3OS/c1-12(22(3)10-17-11-24-13(2)20-17)18(23)21-19-7-14-4-15(8-19)6-16(5-14)9-19/h11-12,14-16H,4-10H2,1-3H3,(H,21,23). The van der Waals surface area contributed by atoms with Gasteiger partial charge in [0.1, 0.15) is 0 Å². The van der Waals surface area contributed by atoms with Crippen LogP contribution in [0.4, 0.5) is 0 Å². The van der Waals surface area contributed by atoms with E-state index >= 15 is 0 Å². The molecule has 0 aromatic carbocycles. The summed E-state index contributed by atoms with van der Waals surface area (Å²) in [5, 5.41) is 6.68. The van der Waals surface area contributed by atoms with Crippen LogP contribution >= 0.6 is 11.3 Å². The third kappa shape index (κ3) is 3.13. The maximum atomic E-state index is 12.9. The minimum atomic E-state index is -0.111. The molecule has 1 unspecified atom stereocenters. The third-order valence-electron chi connectivity index (χ3n) is 6.55. The first-order valence-electron chi connectivity index (χ1n) is 9.36. The topological polar surface area (TPSA) is 45.2 Å². The molecular weight excluding hydrogens is 318 g/mol. The fourth-order valence-corrected chi connectivity index (χ4v) is 6.31. The largest absolute Gasteiger partial charge is 0.349 e. The van der Waals surface area contributed by atoms with Gasteiger partial charge in [0.2, 0.25) is 5.91 Å². The first-order chi connectivity index (χ1) is 11.4. The molecule has 4 aliphatic rings. The summed E-state index contributed by atoms with van der Waals surface area (Å²) in [6, 6.07) is -0.111. The molecule has 132 valence electrons. The Labute approximate surface area is 149 Å². The van der Waals surface area contributed by atoms with Crippen molar-refractivity contribution in [2.45, 2.75) is 70.5 Å². The minimum absolute atomic E-state index is 0.109. The lowest BCUT2D eigenvalue weighted by molar-refractivity contribution is -0.131. The number of amides is 1. The number of carbonyl (C=O) groups excluding carboxylic acids is 1. The number of likely N-dealkylation sites (N-methyl/N-ethyl adjacent to an activating group) is 1. The Morgan fingerprint density at radius 1 is 1.33 bits per heavy atom. The molecule has 1 N–H and O–H groups in total. The lowest BCUT2D eigenvalue weighted by Crippen LogP contribution is -2.62. The molecule has 0 radical (unpaired) electrons. The fraction of sp³-hybridized carbons (Fsp3) is 0.789. The molecule has 0 saturated heterocycles. The van der Waals surface area contributed by atoms with Crippen molar-refractivity contribution < 1.29 is 4.79 Å². The molecule has 5 rings (SSSR count). The van der Waals surface area contributed by atoms with Gasteiger partial charge in [-0.1, -0.05) is 0 Å². The number of thiazole rings is 1. The van der Waals surface area contributed by atoms with Crippen LogP contribution in [0.5, 0.6) is 0 Å². The molecule has 1 atom stereocenters. The Balaban J connectivity index is 1.38. The number of carbonyl (C=O) groups is 1. The van der Waals surface area contributed by atoms with E-state index in [0.29, 0.717) is 0 Å². The SMILES string of the molecule is Cc1nc(CN(C)C(C)C(=O)NC23CC4CC(CC(C4)C2)C3)cs1. The van der Waals surface area contributed by atoms with Gasteiger partial charge in [-0.15, -0.1) is 11.3 Å². The van der Waals surface area contributed by atoms with Gasteiger partial charge in [0.25, 0.3) is 0 Å². The van der Waals surface area contributed by atoms with Crippen molar-refractivity contribution in [3.63, 3.8) is 0 Å². The Morgan fingerprint density at radius 2 is 1.92 bits per heavy atom. The van der Waals surface area contributed by atoms with Crippen molar-refractivity contribution in [2.75, 3.05) is 7.05 Å². The van der Waals surface area contributed by atoms with Crippen molar-refractivity contribution in [1.82, 2.24) is 15.2 Å². The summed E-state index contributed by atoms with van der Waals surface area (Å²) in [6.07, 6.45) is 7.88. The first kappa shape index (κ1) is 16.5. The van der Waals surface area contributed by atoms with Gasteiger partial charge in [0.05, 0.1) is 16.7 Å². The number of nitrogens with one attached hydrogen (secondary N) is 1. The van der Waals surface area contributed by atoms with E-state index in [-0.39, 0.29) is 17.5 Å². The van der Waals surface area contributed by atoms with Crippen LogP contribution in [0.2, 0.25) is 0 Å². The van der Waals surface area contributed by atoms with Gasteiger partial charge in [-0.2, -0.15) is 0 Å². The second-order valence-corrected chi connectivity index (χ2v) is 9.70. The second-order valence-electron chi connectivity index (χ2n) is 8.64. The van der Waals surface area contributed by atoms with E-state index in [9.17, 15) is 4.79 Å². The van der Waals surface area contributed by atoms with E-state index in [4.69, 9.17) is 0 Å². The summed E-state index contributed by atoms with van der Waals surface area (Å²) in [5.41, 5.74) is 1.17. The molecule has 0 aliphatic heterocycles. The minimum Gasteiger partial charge on any atom is -0.349 e. The second kappa shape index (κ2) is 6.10. The van der Waals surface area contributed by atoms with E-state index in [0.717, 1.165) is 35.0 Å². The highest BCUT2D eigenvalue weighted by Crippen LogP contribution is 2.55. The zero-order valence-electron chi connectivity index (χ0n) is 15.0. The van der Waals surface area contributed by atoms with Crippen molar-refractivity contribution in [3.8, 4) is 0 Å². The maximum Gasteiger partial charge on any atom is 0.237 e. The molecule has 1 heterocycles. The zero-order valence-corrected chi connectivity index (χ0v) is 15.9. The number of hydrogen-bond donors (Lipinski definition) is 1. The Bertz CT molecular complexity index is 591. The Hall–Kier alpha value is -0.940. The third-order valence-corrected chi connectivity index (χ3v) is 7.37. The number of hydrogen-bond acceptors (Lipinski definition) is 4. The molecule has 1 amide bonds. The van der Waals surface area contributed by atoms with E-state index in [2.05, 4.69) is 20.6 Å². The molecular formula is C19H29N3OS. The summed E-state index contributed by atoms with van der Waals surface area (Å²) in [4.78, 5) is 19.5. The molecule has 4 nitrogen and oxygen atoms in total. The van der Waals surface area contributed by atoms with E-state index in [1.165, 1.54) is 38.5 Å². The molecule has 4 bridgehead atoms. The molecule has 0 spiro atoms. The van der Waals surface area contributed by atoms with E-state index < -0.39 is 0 Å². The van der Waals surface area contributed by atoms with Crippen LogP contribution in [-0.2, 0) is 11.3 Å². The van der Waals surface area contributed by atoms with Crippen LogP contribution in [0.1, 0.15) is 56.2 Å². The Kier molecular flexibility index (Phi) is 4.20. The van der Waals surface area contributed by atoms with E-state index in [1.54, 1.807) is 11.3 Å². The summed E-state index contributed by atoms with van der Waals surface area (Å²) in [7, 11) is 2.03. The Morgan fingerprint density at radius 3 is 2.42 bits per heavy atom. The van der Waals surface area contributed by atoms with Gasteiger partial charge in [0, 0.05) is 17.5 Å². The molecule has 5 heteroatoms. The van der Waals surface area contributed by atoms with Gasteiger partial charge >= 0.3 is 0 Å². The van der Waals surface area contributed by atoms with Crippen molar-refractivity contribution in [3.05, 3.63) is 16.1 Å². The summed E-state index contributed by atoms with van der Waals surface area (Å²) < 4.78 is 0. The normalized spacial score (nSPS) is 35.4. The van der Waals surface area contributed by atoms with Crippen molar-refractivity contribution >= 4 is 17.2 Å².